The van der Waals surface area contributed by atoms with Gasteiger partial charge in [-0.15, -0.1) is 0 Å². The summed E-state index contributed by atoms with van der Waals surface area (Å²) in [6.07, 6.45) is 2.96. The summed E-state index contributed by atoms with van der Waals surface area (Å²) in [6, 6.07) is 5.93. The summed E-state index contributed by atoms with van der Waals surface area (Å²) in [5, 5.41) is 8.81. The minimum atomic E-state index is 0.483. The predicted octanol–water partition coefficient (Wildman–Crippen LogP) is 2.83. The predicted molar refractivity (Wildman–Crippen MR) is 84.1 cm³/mol. The quantitative estimate of drug-likeness (QED) is 0.796. The van der Waals surface area contributed by atoms with Crippen LogP contribution >= 0.6 is 0 Å². The molecule has 2 N–H and O–H groups in total. The number of hydrogen-bond donors (Lipinski definition) is 1. The molecule has 1 saturated carbocycles. The van der Waals surface area contributed by atoms with Crippen molar-refractivity contribution in [1.82, 2.24) is 4.98 Å². The summed E-state index contributed by atoms with van der Waals surface area (Å²) in [5.74, 6) is 2.52. The van der Waals surface area contributed by atoms with E-state index in [0.717, 1.165) is 12.4 Å². The molecule has 0 aliphatic heterocycles. The van der Waals surface area contributed by atoms with Gasteiger partial charge in [-0.2, -0.15) is 10.2 Å². The summed E-state index contributed by atoms with van der Waals surface area (Å²) in [6.45, 7) is 6.54. The number of nitriles is 1. The highest BCUT2D eigenvalue weighted by Gasteiger charge is 2.23. The van der Waals surface area contributed by atoms with E-state index in [1.807, 2.05) is 12.1 Å². The van der Waals surface area contributed by atoms with Crippen LogP contribution in [0.3, 0.4) is 0 Å². The Morgan fingerprint density at radius 3 is 2.86 bits per heavy atom. The summed E-state index contributed by atoms with van der Waals surface area (Å²) >= 11 is 0. The van der Waals surface area contributed by atoms with Gasteiger partial charge in [0.1, 0.15) is 5.82 Å². The van der Waals surface area contributed by atoms with Crippen LogP contribution < -0.4 is 15.4 Å². The second kappa shape index (κ2) is 7.16. The summed E-state index contributed by atoms with van der Waals surface area (Å²) < 4.78 is 5.73. The monoisotopic (exact) mass is 288 g/mol. The Morgan fingerprint density at radius 1 is 1.48 bits per heavy atom. The lowest BCUT2D eigenvalue weighted by Crippen LogP contribution is -2.29. The van der Waals surface area contributed by atoms with Gasteiger partial charge in [0, 0.05) is 13.1 Å². The van der Waals surface area contributed by atoms with E-state index < -0.39 is 0 Å². The molecule has 5 nitrogen and oxygen atoms in total. The number of pyridine rings is 1. The number of hydrogen-bond acceptors (Lipinski definition) is 5. The zero-order chi connectivity index (χ0) is 15.2. The fourth-order valence-corrected chi connectivity index (χ4v) is 2.14. The Bertz CT molecular complexity index is 505. The summed E-state index contributed by atoms with van der Waals surface area (Å²) in [4.78, 5) is 6.67. The van der Waals surface area contributed by atoms with Gasteiger partial charge in [0.15, 0.2) is 0 Å². The molecule has 1 aliphatic rings. The molecule has 5 heteroatoms. The molecule has 0 bridgehead atoms. The fourth-order valence-electron chi connectivity index (χ4n) is 2.14. The molecule has 0 unspecified atom stereocenters. The van der Waals surface area contributed by atoms with Crippen molar-refractivity contribution >= 4 is 11.5 Å². The highest BCUT2D eigenvalue weighted by molar-refractivity contribution is 5.54. The van der Waals surface area contributed by atoms with Crippen LogP contribution in [-0.4, -0.2) is 24.7 Å². The Kier molecular flexibility index (Phi) is 5.26. The number of nitrogens with two attached hydrogens (primary N) is 1. The van der Waals surface area contributed by atoms with E-state index in [-0.39, 0.29) is 0 Å². The van der Waals surface area contributed by atoms with Crippen LogP contribution in [0.15, 0.2) is 12.1 Å². The van der Waals surface area contributed by atoms with Crippen molar-refractivity contribution in [3.8, 4) is 11.9 Å². The second-order valence-corrected chi connectivity index (χ2v) is 6.07. The van der Waals surface area contributed by atoms with Crippen molar-refractivity contribution in [2.24, 2.45) is 11.8 Å². The van der Waals surface area contributed by atoms with Gasteiger partial charge < -0.3 is 15.4 Å². The van der Waals surface area contributed by atoms with Gasteiger partial charge in [-0.05, 0) is 36.8 Å². The van der Waals surface area contributed by atoms with E-state index in [1.54, 1.807) is 0 Å². The Morgan fingerprint density at radius 2 is 2.24 bits per heavy atom. The second-order valence-electron chi connectivity index (χ2n) is 6.07. The van der Waals surface area contributed by atoms with E-state index in [0.29, 0.717) is 43.0 Å². The van der Waals surface area contributed by atoms with E-state index >= 15 is 0 Å². The first-order valence-electron chi connectivity index (χ1n) is 7.61. The number of rotatable bonds is 8. The molecule has 0 saturated heterocycles. The average Bonchev–Trinajstić information content (AvgIpc) is 3.26. The van der Waals surface area contributed by atoms with E-state index in [1.165, 1.54) is 12.8 Å². The molecular formula is C16H24N4O. The van der Waals surface area contributed by atoms with Crippen molar-refractivity contribution in [3.05, 3.63) is 12.1 Å². The smallest absolute Gasteiger partial charge is 0.239 e. The third kappa shape index (κ3) is 4.82. The highest BCUT2D eigenvalue weighted by atomic mass is 16.5. The molecule has 1 aliphatic carbocycles. The Hall–Kier alpha value is -1.96. The topological polar surface area (TPSA) is 75.2 Å². The minimum Gasteiger partial charge on any atom is -0.476 e. The molecule has 0 aromatic carbocycles. The summed E-state index contributed by atoms with van der Waals surface area (Å²) in [5.41, 5.74) is 6.51. The maximum atomic E-state index is 8.81. The van der Waals surface area contributed by atoms with Gasteiger partial charge in [0.05, 0.1) is 24.8 Å². The molecule has 114 valence electrons. The lowest BCUT2D eigenvalue weighted by molar-refractivity contribution is 0.290. The van der Waals surface area contributed by atoms with Crippen LogP contribution in [0.4, 0.5) is 11.5 Å². The first-order chi connectivity index (χ1) is 10.1. The van der Waals surface area contributed by atoms with Gasteiger partial charge in [-0.25, -0.2) is 0 Å². The number of nitrogen functional groups attached to an aromatic ring is 1. The van der Waals surface area contributed by atoms with Gasteiger partial charge in [0.2, 0.25) is 5.88 Å². The van der Waals surface area contributed by atoms with Crippen molar-refractivity contribution < 1.29 is 4.74 Å². The zero-order valence-corrected chi connectivity index (χ0v) is 12.9. The van der Waals surface area contributed by atoms with Crippen molar-refractivity contribution in [3.63, 3.8) is 0 Å². The van der Waals surface area contributed by atoms with Gasteiger partial charge in [-0.1, -0.05) is 13.8 Å². The van der Waals surface area contributed by atoms with Crippen LogP contribution in [0.2, 0.25) is 0 Å². The van der Waals surface area contributed by atoms with Crippen LogP contribution in [0.1, 0.15) is 33.1 Å². The normalized spacial score (nSPS) is 14.0. The average molecular weight is 288 g/mol. The third-order valence-corrected chi connectivity index (χ3v) is 3.43. The molecule has 1 heterocycles. The van der Waals surface area contributed by atoms with Crippen LogP contribution in [-0.2, 0) is 0 Å². The first kappa shape index (κ1) is 15.4. The molecule has 21 heavy (non-hydrogen) atoms. The van der Waals surface area contributed by atoms with Gasteiger partial charge in [-0.3, -0.25) is 0 Å². The lowest BCUT2D eigenvalue weighted by Gasteiger charge is -2.25. The SMILES string of the molecule is CC(C)CN(CCC#N)c1ccc(N)c(OCC2CC2)n1. The van der Waals surface area contributed by atoms with Gasteiger partial charge >= 0.3 is 0 Å². The molecular weight excluding hydrogens is 264 g/mol. The van der Waals surface area contributed by atoms with Crippen LogP contribution in [0.25, 0.3) is 0 Å². The maximum Gasteiger partial charge on any atom is 0.239 e. The number of nitrogens with zero attached hydrogens (tertiary/aromatic N) is 3. The number of anilines is 2. The zero-order valence-electron chi connectivity index (χ0n) is 12.9. The molecule has 1 fully saturated rings. The van der Waals surface area contributed by atoms with E-state index in [9.17, 15) is 0 Å². The third-order valence-electron chi connectivity index (χ3n) is 3.43. The van der Waals surface area contributed by atoms with E-state index in [2.05, 4.69) is 29.8 Å². The van der Waals surface area contributed by atoms with Crippen molar-refractivity contribution in [2.75, 3.05) is 30.3 Å². The molecule has 0 atom stereocenters. The summed E-state index contributed by atoms with van der Waals surface area (Å²) in [7, 11) is 0. The largest absolute Gasteiger partial charge is 0.476 e. The standard InChI is InChI=1S/C16H24N4O/c1-12(2)10-20(9-3-8-17)15-7-6-14(18)16(19-15)21-11-13-4-5-13/h6-7,12-13H,3-5,9-11,18H2,1-2H3. The number of aromatic nitrogens is 1. The highest BCUT2D eigenvalue weighted by Crippen LogP contribution is 2.31. The van der Waals surface area contributed by atoms with Crippen LogP contribution in [0, 0.1) is 23.2 Å². The number of ether oxygens (including phenoxy) is 1. The molecule has 1 aromatic rings. The first-order valence-corrected chi connectivity index (χ1v) is 7.61. The molecule has 2 rings (SSSR count). The maximum absolute atomic E-state index is 8.81. The minimum absolute atomic E-state index is 0.483. The van der Waals surface area contributed by atoms with Crippen LogP contribution in [0.5, 0.6) is 5.88 Å². The lowest BCUT2D eigenvalue weighted by atomic mass is 10.2. The van der Waals surface area contributed by atoms with Gasteiger partial charge in [0.25, 0.3) is 0 Å². The molecule has 0 radical (unpaired) electrons. The Balaban J connectivity index is 2.10. The van der Waals surface area contributed by atoms with E-state index in [4.69, 9.17) is 15.7 Å². The Labute approximate surface area is 126 Å². The molecule has 0 amide bonds. The van der Waals surface area contributed by atoms with Crippen molar-refractivity contribution in [1.29, 1.82) is 5.26 Å². The fraction of sp³-hybridized carbons (Fsp3) is 0.625. The molecule has 0 spiro atoms. The van der Waals surface area contributed by atoms with Crippen molar-refractivity contribution in [2.45, 2.75) is 33.1 Å². The molecule has 1 aromatic heterocycles.